The van der Waals surface area contributed by atoms with Crippen molar-refractivity contribution in [1.29, 1.82) is 0 Å². The minimum Gasteiger partial charge on any atom is -0.444 e. The van der Waals surface area contributed by atoms with Crippen LogP contribution in [-0.4, -0.2) is 42.9 Å². The van der Waals surface area contributed by atoms with Gasteiger partial charge in [-0.25, -0.2) is 18.4 Å². The predicted octanol–water partition coefficient (Wildman–Crippen LogP) is 2.77. The van der Waals surface area contributed by atoms with E-state index >= 15 is 0 Å². The molecule has 0 aromatic heterocycles. The summed E-state index contributed by atoms with van der Waals surface area (Å²) in [5.41, 5.74) is -1.59. The van der Waals surface area contributed by atoms with Gasteiger partial charge >= 0.3 is 12.2 Å². The average molecular weight is 385 g/mol. The molecule has 2 N–H and O–H groups in total. The number of amides is 3. The second-order valence-electron chi connectivity index (χ2n) is 6.96. The number of benzene rings is 1. The highest BCUT2D eigenvalue weighted by atomic mass is 19.1. The summed E-state index contributed by atoms with van der Waals surface area (Å²) >= 11 is 0. The smallest absolute Gasteiger partial charge is 0.414 e. The molecule has 1 aliphatic heterocycles. The molecule has 1 saturated heterocycles. The van der Waals surface area contributed by atoms with Crippen molar-refractivity contribution in [3.8, 4) is 0 Å². The third-order valence-electron chi connectivity index (χ3n) is 3.42. The number of cyclic esters (lactones) is 1. The van der Waals surface area contributed by atoms with Gasteiger partial charge in [-0.1, -0.05) is 0 Å². The Bertz CT molecular complexity index is 740. The molecule has 0 saturated carbocycles. The average Bonchev–Trinajstić information content (AvgIpc) is 2.88. The highest BCUT2D eigenvalue weighted by molar-refractivity contribution is 5.91. The molecule has 27 heavy (non-hydrogen) atoms. The van der Waals surface area contributed by atoms with E-state index in [0.29, 0.717) is 0 Å². The Hall–Kier alpha value is -2.91. The van der Waals surface area contributed by atoms with Crippen molar-refractivity contribution < 1.29 is 32.6 Å². The standard InChI is InChI=1S/C17H21F2N3O5/c1-9(23)20-7-11-8-22(16(25)26-11)10-5-12(18)14(13(19)6-10)21-15(24)27-17(2,3)4/h5-6,11H,7-8H2,1-4H3,(H,20,23)(H,21,24). The molecule has 8 nitrogen and oxygen atoms in total. The Balaban J connectivity index is 2.13. The van der Waals surface area contributed by atoms with Gasteiger partial charge in [0.25, 0.3) is 0 Å². The fourth-order valence-electron chi connectivity index (χ4n) is 2.34. The van der Waals surface area contributed by atoms with Crippen molar-refractivity contribution in [2.75, 3.05) is 23.3 Å². The first-order valence-electron chi connectivity index (χ1n) is 8.18. The molecule has 1 aliphatic rings. The van der Waals surface area contributed by atoms with Crippen LogP contribution < -0.4 is 15.5 Å². The van der Waals surface area contributed by atoms with Crippen LogP contribution in [0.3, 0.4) is 0 Å². The number of hydrogen-bond acceptors (Lipinski definition) is 5. The van der Waals surface area contributed by atoms with Crippen LogP contribution in [0.5, 0.6) is 0 Å². The molecule has 10 heteroatoms. The Kier molecular flexibility index (Phi) is 5.87. The first-order chi connectivity index (χ1) is 12.5. The molecule has 3 amide bonds. The lowest BCUT2D eigenvalue weighted by Crippen LogP contribution is -2.33. The van der Waals surface area contributed by atoms with Crippen LogP contribution >= 0.6 is 0 Å². The van der Waals surface area contributed by atoms with Gasteiger partial charge in [0.15, 0.2) is 11.6 Å². The number of nitrogens with zero attached hydrogens (tertiary/aromatic N) is 1. The van der Waals surface area contributed by atoms with E-state index in [9.17, 15) is 23.2 Å². The second-order valence-corrected chi connectivity index (χ2v) is 6.96. The van der Waals surface area contributed by atoms with E-state index in [4.69, 9.17) is 9.47 Å². The lowest BCUT2D eigenvalue weighted by molar-refractivity contribution is -0.119. The lowest BCUT2D eigenvalue weighted by atomic mass is 10.2. The van der Waals surface area contributed by atoms with Crippen LogP contribution in [0.4, 0.5) is 29.7 Å². The van der Waals surface area contributed by atoms with Crippen LogP contribution in [0.15, 0.2) is 12.1 Å². The van der Waals surface area contributed by atoms with E-state index in [1.165, 1.54) is 6.92 Å². The molecule has 0 radical (unpaired) electrons. The Labute approximate surface area is 154 Å². The van der Waals surface area contributed by atoms with Gasteiger partial charge < -0.3 is 14.8 Å². The molecule has 2 rings (SSSR count). The zero-order valence-electron chi connectivity index (χ0n) is 15.4. The van der Waals surface area contributed by atoms with Gasteiger partial charge in [-0.15, -0.1) is 0 Å². The first kappa shape index (κ1) is 20.4. The zero-order chi connectivity index (χ0) is 20.4. The lowest BCUT2D eigenvalue weighted by Gasteiger charge is -2.20. The topological polar surface area (TPSA) is 97.0 Å². The van der Waals surface area contributed by atoms with Gasteiger partial charge in [-0.3, -0.25) is 15.0 Å². The summed E-state index contributed by atoms with van der Waals surface area (Å²) in [6, 6.07) is 1.80. The molecule has 1 aromatic rings. The Morgan fingerprint density at radius 2 is 1.89 bits per heavy atom. The summed E-state index contributed by atoms with van der Waals surface area (Å²) in [4.78, 5) is 35.6. The first-order valence-corrected chi connectivity index (χ1v) is 8.18. The van der Waals surface area contributed by atoms with Crippen molar-refractivity contribution in [3.63, 3.8) is 0 Å². The summed E-state index contributed by atoms with van der Waals surface area (Å²) < 4.78 is 38.6. The molecular formula is C17H21F2N3O5. The summed E-state index contributed by atoms with van der Waals surface area (Å²) in [7, 11) is 0. The summed E-state index contributed by atoms with van der Waals surface area (Å²) in [5.74, 6) is -2.44. The third kappa shape index (κ3) is 5.53. The van der Waals surface area contributed by atoms with Crippen LogP contribution in [0.25, 0.3) is 0 Å². The van der Waals surface area contributed by atoms with Crippen LogP contribution in [-0.2, 0) is 14.3 Å². The Morgan fingerprint density at radius 1 is 1.30 bits per heavy atom. The molecule has 1 heterocycles. The molecular weight excluding hydrogens is 364 g/mol. The molecule has 0 bridgehead atoms. The molecule has 0 spiro atoms. The minimum atomic E-state index is -1.08. The number of carbonyl (C=O) groups is 3. The third-order valence-corrected chi connectivity index (χ3v) is 3.42. The normalized spacial score (nSPS) is 16.7. The number of halogens is 2. The van der Waals surface area contributed by atoms with Crippen molar-refractivity contribution in [1.82, 2.24) is 5.32 Å². The maximum absolute atomic E-state index is 14.3. The monoisotopic (exact) mass is 385 g/mol. The van der Waals surface area contributed by atoms with Crippen LogP contribution in [0.1, 0.15) is 27.7 Å². The fraction of sp³-hybridized carbons (Fsp3) is 0.471. The van der Waals surface area contributed by atoms with Gasteiger partial charge in [0.1, 0.15) is 17.4 Å². The van der Waals surface area contributed by atoms with Gasteiger partial charge in [0, 0.05) is 19.1 Å². The molecule has 1 aromatic carbocycles. The van der Waals surface area contributed by atoms with Gasteiger partial charge in [0.05, 0.1) is 18.8 Å². The van der Waals surface area contributed by atoms with Crippen molar-refractivity contribution >= 4 is 29.5 Å². The van der Waals surface area contributed by atoms with E-state index in [2.05, 4.69) is 5.32 Å². The van der Waals surface area contributed by atoms with Gasteiger partial charge in [-0.05, 0) is 20.8 Å². The maximum Gasteiger partial charge on any atom is 0.414 e. The second kappa shape index (κ2) is 7.77. The van der Waals surface area contributed by atoms with E-state index in [1.807, 2.05) is 5.32 Å². The van der Waals surface area contributed by atoms with Crippen LogP contribution in [0.2, 0.25) is 0 Å². The quantitative estimate of drug-likeness (QED) is 0.831. The molecule has 0 aliphatic carbocycles. The molecule has 1 fully saturated rings. The number of anilines is 2. The van der Waals surface area contributed by atoms with Crippen LogP contribution in [0, 0.1) is 11.6 Å². The largest absolute Gasteiger partial charge is 0.444 e. The summed E-state index contributed by atoms with van der Waals surface area (Å²) in [6.07, 6.45) is -2.45. The number of ether oxygens (including phenoxy) is 2. The minimum absolute atomic E-state index is 0.0107. The van der Waals surface area contributed by atoms with Crippen molar-refractivity contribution in [2.24, 2.45) is 0 Å². The van der Waals surface area contributed by atoms with Gasteiger partial charge in [-0.2, -0.15) is 0 Å². The Morgan fingerprint density at radius 3 is 2.41 bits per heavy atom. The van der Waals surface area contributed by atoms with E-state index in [1.54, 1.807) is 20.8 Å². The molecule has 1 unspecified atom stereocenters. The van der Waals surface area contributed by atoms with Crippen molar-refractivity contribution in [2.45, 2.75) is 39.4 Å². The van der Waals surface area contributed by atoms with E-state index in [-0.39, 0.29) is 24.7 Å². The number of rotatable bonds is 4. The van der Waals surface area contributed by atoms with E-state index < -0.39 is 41.2 Å². The summed E-state index contributed by atoms with van der Waals surface area (Å²) in [5, 5.41) is 4.51. The maximum atomic E-state index is 14.3. The molecule has 148 valence electrons. The predicted molar refractivity (Wildman–Crippen MR) is 92.5 cm³/mol. The van der Waals surface area contributed by atoms with E-state index in [0.717, 1.165) is 17.0 Å². The highest BCUT2D eigenvalue weighted by Crippen LogP contribution is 2.29. The fourth-order valence-corrected chi connectivity index (χ4v) is 2.34. The number of hydrogen-bond donors (Lipinski definition) is 2. The highest BCUT2D eigenvalue weighted by Gasteiger charge is 2.33. The summed E-state index contributed by atoms with van der Waals surface area (Å²) in [6.45, 7) is 6.24. The zero-order valence-corrected chi connectivity index (χ0v) is 15.4. The molecule has 1 atom stereocenters. The number of carbonyl (C=O) groups excluding carboxylic acids is 3. The SMILES string of the molecule is CC(=O)NCC1CN(c2cc(F)c(NC(=O)OC(C)(C)C)c(F)c2)C(=O)O1. The van der Waals surface area contributed by atoms with Crippen molar-refractivity contribution in [3.05, 3.63) is 23.8 Å². The number of nitrogens with one attached hydrogen (secondary N) is 2. The van der Waals surface area contributed by atoms with Gasteiger partial charge in [0.2, 0.25) is 5.91 Å².